The van der Waals surface area contributed by atoms with E-state index in [0.29, 0.717) is 14.6 Å². The third-order valence-electron chi connectivity index (χ3n) is 4.01. The first-order valence-corrected chi connectivity index (χ1v) is 9.30. The predicted molar refractivity (Wildman–Crippen MR) is 93.6 cm³/mol. The van der Waals surface area contributed by atoms with Crippen LogP contribution in [-0.4, -0.2) is 22.9 Å². The molecule has 0 unspecified atom stereocenters. The van der Waals surface area contributed by atoms with Gasteiger partial charge in [0, 0.05) is 12.4 Å². The Bertz CT molecular complexity index is 1210. The van der Waals surface area contributed by atoms with Crippen LogP contribution in [0.5, 0.6) is 0 Å². The van der Waals surface area contributed by atoms with Crippen LogP contribution in [0.3, 0.4) is 0 Å². The van der Waals surface area contributed by atoms with E-state index >= 15 is 0 Å². The van der Waals surface area contributed by atoms with Crippen molar-refractivity contribution in [3.05, 3.63) is 88.1 Å². The van der Waals surface area contributed by atoms with E-state index in [1.807, 2.05) is 0 Å². The Morgan fingerprint density at radius 3 is 2.18 bits per heavy atom. The first kappa shape index (κ1) is 19.6. The third kappa shape index (κ3) is 3.38. The van der Waals surface area contributed by atoms with Crippen LogP contribution in [0.15, 0.2) is 70.6 Å². The molecular formula is C18H13F3N2O4S. The Morgan fingerprint density at radius 2 is 1.57 bits per heavy atom. The molecule has 0 saturated carbocycles. The Balaban J connectivity index is 2.09. The molecule has 6 nitrogen and oxygen atoms in total. The standard InChI is InChI=1S/C18H13F3N2O4S/c1-12-6-8-13(9-7-12)28(26,27)23-11-10-22(17(23)25)16(24)14-4-2-3-5-15(14)18(19,20)21/h2-11H,1H3. The van der Waals surface area contributed by atoms with E-state index in [-0.39, 0.29) is 4.90 Å². The zero-order valence-corrected chi connectivity index (χ0v) is 15.2. The lowest BCUT2D eigenvalue weighted by molar-refractivity contribution is -0.137. The van der Waals surface area contributed by atoms with E-state index in [9.17, 15) is 31.2 Å². The number of halogens is 3. The molecule has 2 aromatic carbocycles. The maximum Gasteiger partial charge on any atom is 0.417 e. The second kappa shape index (κ2) is 6.79. The van der Waals surface area contributed by atoms with E-state index in [0.717, 1.165) is 30.1 Å². The highest BCUT2D eigenvalue weighted by Gasteiger charge is 2.35. The minimum atomic E-state index is -4.81. The van der Waals surface area contributed by atoms with Crippen molar-refractivity contribution in [1.29, 1.82) is 0 Å². The molecular weight excluding hydrogens is 397 g/mol. The van der Waals surface area contributed by atoms with E-state index < -0.39 is 38.9 Å². The molecule has 0 fully saturated rings. The minimum absolute atomic E-state index is 0.193. The van der Waals surface area contributed by atoms with Gasteiger partial charge in [0.15, 0.2) is 0 Å². The number of alkyl halides is 3. The molecule has 0 N–H and O–H groups in total. The Hall–Kier alpha value is -3.14. The molecule has 0 atom stereocenters. The number of aryl methyl sites for hydroxylation is 1. The van der Waals surface area contributed by atoms with Crippen molar-refractivity contribution < 1.29 is 26.4 Å². The SMILES string of the molecule is Cc1ccc(S(=O)(=O)n2ccn(C(=O)c3ccccc3C(F)(F)F)c2=O)cc1. The van der Waals surface area contributed by atoms with Crippen LogP contribution in [0.2, 0.25) is 0 Å². The summed E-state index contributed by atoms with van der Waals surface area (Å²) in [6.07, 6.45) is -3.17. The summed E-state index contributed by atoms with van der Waals surface area (Å²) in [5.41, 5.74) is -2.48. The summed E-state index contributed by atoms with van der Waals surface area (Å²) in [6.45, 7) is 1.75. The highest BCUT2D eigenvalue weighted by atomic mass is 32.2. The molecule has 0 amide bonds. The number of nitrogens with zero attached hydrogens (tertiary/aromatic N) is 2. The first-order chi connectivity index (χ1) is 13.0. The molecule has 0 aliphatic carbocycles. The van der Waals surface area contributed by atoms with Gasteiger partial charge in [0.25, 0.3) is 15.9 Å². The maximum atomic E-state index is 13.1. The van der Waals surface area contributed by atoms with Crippen molar-refractivity contribution in [2.45, 2.75) is 18.0 Å². The predicted octanol–water partition coefficient (Wildman–Crippen LogP) is 2.90. The van der Waals surface area contributed by atoms with Gasteiger partial charge in [-0.3, -0.25) is 4.79 Å². The van der Waals surface area contributed by atoms with Crippen molar-refractivity contribution in [3.8, 4) is 0 Å². The van der Waals surface area contributed by atoms with Crippen LogP contribution in [-0.2, 0) is 16.2 Å². The summed E-state index contributed by atoms with van der Waals surface area (Å²) in [7, 11) is -4.31. The fourth-order valence-corrected chi connectivity index (χ4v) is 3.78. The third-order valence-corrected chi connectivity index (χ3v) is 5.67. The van der Waals surface area contributed by atoms with Gasteiger partial charge in [0.05, 0.1) is 16.0 Å². The summed E-state index contributed by atoms with van der Waals surface area (Å²) in [5.74, 6) is -1.28. The Kier molecular flexibility index (Phi) is 4.76. The van der Waals surface area contributed by atoms with Gasteiger partial charge in [0.1, 0.15) is 0 Å². The highest BCUT2D eigenvalue weighted by Crippen LogP contribution is 2.32. The molecule has 0 bridgehead atoms. The van der Waals surface area contributed by atoms with Gasteiger partial charge >= 0.3 is 11.9 Å². The van der Waals surface area contributed by atoms with E-state index in [4.69, 9.17) is 0 Å². The van der Waals surface area contributed by atoms with Crippen LogP contribution < -0.4 is 5.69 Å². The fraction of sp³-hybridized carbons (Fsp3) is 0.111. The first-order valence-electron chi connectivity index (χ1n) is 7.86. The van der Waals surface area contributed by atoms with Crippen LogP contribution in [0.25, 0.3) is 0 Å². The molecule has 10 heteroatoms. The van der Waals surface area contributed by atoms with Gasteiger partial charge in [-0.05, 0) is 31.2 Å². The molecule has 0 saturated heterocycles. The molecule has 3 rings (SSSR count). The number of carbonyl (C=O) groups is 1. The summed E-state index contributed by atoms with van der Waals surface area (Å²) in [4.78, 5) is 24.8. The summed E-state index contributed by atoms with van der Waals surface area (Å²) < 4.78 is 65.3. The fourth-order valence-electron chi connectivity index (χ4n) is 2.57. The number of benzene rings is 2. The van der Waals surface area contributed by atoms with Crippen LogP contribution in [0, 0.1) is 6.92 Å². The van der Waals surface area contributed by atoms with Crippen molar-refractivity contribution in [1.82, 2.24) is 8.54 Å². The smallest absolute Gasteiger partial charge is 0.268 e. The minimum Gasteiger partial charge on any atom is -0.268 e. The van der Waals surface area contributed by atoms with Crippen LogP contribution in [0.1, 0.15) is 21.5 Å². The van der Waals surface area contributed by atoms with Crippen LogP contribution >= 0.6 is 0 Å². The van der Waals surface area contributed by atoms with E-state index in [1.165, 1.54) is 30.3 Å². The van der Waals surface area contributed by atoms with Gasteiger partial charge in [-0.1, -0.05) is 29.8 Å². The number of imidazole rings is 1. The molecule has 3 aromatic rings. The van der Waals surface area contributed by atoms with Crippen molar-refractivity contribution in [2.24, 2.45) is 0 Å². The molecule has 1 aromatic heterocycles. The van der Waals surface area contributed by atoms with Crippen molar-refractivity contribution in [2.75, 3.05) is 0 Å². The van der Waals surface area contributed by atoms with Gasteiger partial charge < -0.3 is 0 Å². The van der Waals surface area contributed by atoms with E-state index in [2.05, 4.69) is 0 Å². The zero-order chi connectivity index (χ0) is 20.7. The van der Waals surface area contributed by atoms with E-state index in [1.54, 1.807) is 6.92 Å². The largest absolute Gasteiger partial charge is 0.417 e. The normalized spacial score (nSPS) is 12.1. The number of carbonyl (C=O) groups excluding carboxylic acids is 1. The highest BCUT2D eigenvalue weighted by molar-refractivity contribution is 7.90. The Morgan fingerprint density at radius 1 is 0.964 bits per heavy atom. The summed E-state index contributed by atoms with van der Waals surface area (Å²) >= 11 is 0. The molecule has 0 aliphatic heterocycles. The molecule has 0 aliphatic rings. The van der Waals surface area contributed by atoms with Crippen molar-refractivity contribution in [3.63, 3.8) is 0 Å². The summed E-state index contributed by atoms with van der Waals surface area (Å²) in [6, 6.07) is 9.58. The molecule has 0 radical (unpaired) electrons. The van der Waals surface area contributed by atoms with Gasteiger partial charge in [0.2, 0.25) is 0 Å². The molecule has 0 spiro atoms. The van der Waals surface area contributed by atoms with Gasteiger partial charge in [-0.25, -0.2) is 17.8 Å². The average Bonchev–Trinajstić information content (AvgIpc) is 3.03. The lowest BCUT2D eigenvalue weighted by atomic mass is 10.1. The topological polar surface area (TPSA) is 78.1 Å². The summed E-state index contributed by atoms with van der Waals surface area (Å²) in [5, 5.41) is 0. The van der Waals surface area contributed by atoms with Gasteiger partial charge in [-0.15, -0.1) is 0 Å². The number of rotatable bonds is 3. The number of hydrogen-bond acceptors (Lipinski definition) is 4. The molecule has 28 heavy (non-hydrogen) atoms. The molecule has 1 heterocycles. The van der Waals surface area contributed by atoms with Crippen LogP contribution in [0.4, 0.5) is 13.2 Å². The Labute approximate surface area is 157 Å². The average molecular weight is 410 g/mol. The lowest BCUT2D eigenvalue weighted by Gasteiger charge is -2.11. The zero-order valence-electron chi connectivity index (χ0n) is 14.3. The second-order valence-corrected chi connectivity index (χ2v) is 7.73. The number of aromatic nitrogens is 2. The number of hydrogen-bond donors (Lipinski definition) is 0. The second-order valence-electron chi connectivity index (χ2n) is 5.91. The maximum absolute atomic E-state index is 13.1. The van der Waals surface area contributed by atoms with Crippen molar-refractivity contribution >= 4 is 15.9 Å². The monoisotopic (exact) mass is 410 g/mol. The van der Waals surface area contributed by atoms with Gasteiger partial charge in [-0.2, -0.15) is 17.1 Å². The quantitative estimate of drug-likeness (QED) is 0.665. The molecule has 146 valence electrons. The lowest BCUT2D eigenvalue weighted by Crippen LogP contribution is -2.33.